The molecule has 0 saturated heterocycles. The van der Waals surface area contributed by atoms with Crippen molar-refractivity contribution in [2.45, 2.75) is 33.1 Å². The maximum atomic E-state index is 11.5. The van der Waals surface area contributed by atoms with Crippen LogP contribution in [0.3, 0.4) is 0 Å². The second-order valence-electron chi connectivity index (χ2n) is 3.68. The Labute approximate surface area is 99.4 Å². The lowest BCUT2D eigenvalue weighted by Crippen LogP contribution is -2.01. The van der Waals surface area contributed by atoms with Crippen LogP contribution in [-0.2, 0) is 9.53 Å². The van der Waals surface area contributed by atoms with E-state index in [0.717, 1.165) is 16.7 Å². The summed E-state index contributed by atoms with van der Waals surface area (Å²) in [5.41, 5.74) is 1.06. The van der Waals surface area contributed by atoms with E-state index in [-0.39, 0.29) is 11.9 Å². The number of hydrogen-bond acceptors (Lipinski definition) is 4. The van der Waals surface area contributed by atoms with Crippen LogP contribution in [0.4, 0.5) is 0 Å². The number of thiophene rings is 1. The van der Waals surface area contributed by atoms with Crippen molar-refractivity contribution in [3.05, 3.63) is 21.4 Å². The van der Waals surface area contributed by atoms with E-state index in [4.69, 9.17) is 4.74 Å². The second kappa shape index (κ2) is 5.80. The van der Waals surface area contributed by atoms with Gasteiger partial charge in [0.1, 0.15) is 11.2 Å². The Balaban J connectivity index is 2.88. The average molecular weight is 240 g/mol. The fourth-order valence-electron chi connectivity index (χ4n) is 1.54. The normalized spacial score (nSPS) is 12.2. The maximum absolute atomic E-state index is 11.5. The molecule has 88 valence electrons. The highest BCUT2D eigenvalue weighted by Crippen LogP contribution is 2.30. The summed E-state index contributed by atoms with van der Waals surface area (Å²) in [5.74, 6) is -0.106. The summed E-state index contributed by atoms with van der Waals surface area (Å²) in [5, 5.41) is 0. The standard InChI is InChI=1S/C12H16O3S/c1-4-15-12(14)10-7-9(3)11(16-10)8(2)5-6-13/h6-8H,4-5H2,1-3H3. The zero-order valence-electron chi connectivity index (χ0n) is 9.78. The van der Waals surface area contributed by atoms with Gasteiger partial charge in [0.05, 0.1) is 6.61 Å². The Morgan fingerprint density at radius 2 is 2.31 bits per heavy atom. The van der Waals surface area contributed by atoms with Crippen molar-refractivity contribution in [3.8, 4) is 0 Å². The number of esters is 1. The van der Waals surface area contributed by atoms with Crippen LogP contribution >= 0.6 is 11.3 Å². The molecule has 0 aliphatic rings. The van der Waals surface area contributed by atoms with Crippen molar-refractivity contribution in [2.24, 2.45) is 0 Å². The quantitative estimate of drug-likeness (QED) is 0.587. The van der Waals surface area contributed by atoms with Crippen LogP contribution in [-0.4, -0.2) is 18.9 Å². The Morgan fingerprint density at radius 1 is 1.62 bits per heavy atom. The van der Waals surface area contributed by atoms with Gasteiger partial charge in [0, 0.05) is 11.3 Å². The molecule has 16 heavy (non-hydrogen) atoms. The lowest BCUT2D eigenvalue weighted by molar-refractivity contribution is -0.108. The number of hydrogen-bond donors (Lipinski definition) is 0. The first-order chi connectivity index (χ1) is 7.60. The molecule has 0 aromatic carbocycles. The molecule has 1 rings (SSSR count). The molecule has 0 N–H and O–H groups in total. The first-order valence-corrected chi connectivity index (χ1v) is 6.12. The molecule has 3 nitrogen and oxygen atoms in total. The maximum Gasteiger partial charge on any atom is 0.348 e. The van der Waals surface area contributed by atoms with Crippen molar-refractivity contribution in [1.82, 2.24) is 0 Å². The van der Waals surface area contributed by atoms with Gasteiger partial charge in [-0.2, -0.15) is 0 Å². The number of ether oxygens (including phenoxy) is 1. The molecule has 4 heteroatoms. The van der Waals surface area contributed by atoms with Gasteiger partial charge in [-0.15, -0.1) is 11.3 Å². The fourth-order valence-corrected chi connectivity index (χ4v) is 2.67. The van der Waals surface area contributed by atoms with E-state index in [1.807, 2.05) is 19.9 Å². The van der Waals surface area contributed by atoms with E-state index in [1.54, 1.807) is 6.92 Å². The minimum Gasteiger partial charge on any atom is -0.462 e. The van der Waals surface area contributed by atoms with Crippen molar-refractivity contribution in [2.75, 3.05) is 6.61 Å². The summed E-state index contributed by atoms with van der Waals surface area (Å²) in [7, 11) is 0. The third-order valence-electron chi connectivity index (χ3n) is 2.33. The lowest BCUT2D eigenvalue weighted by Gasteiger charge is -2.05. The van der Waals surface area contributed by atoms with Gasteiger partial charge < -0.3 is 9.53 Å². The van der Waals surface area contributed by atoms with Gasteiger partial charge in [0.15, 0.2) is 0 Å². The molecule has 1 heterocycles. The van der Waals surface area contributed by atoms with Crippen LogP contribution in [0.1, 0.15) is 46.3 Å². The summed E-state index contributed by atoms with van der Waals surface area (Å²) >= 11 is 1.42. The number of aldehydes is 1. The number of carbonyl (C=O) groups excluding carboxylic acids is 2. The fraction of sp³-hybridized carbons (Fsp3) is 0.500. The predicted molar refractivity (Wildman–Crippen MR) is 64.1 cm³/mol. The van der Waals surface area contributed by atoms with Crippen molar-refractivity contribution >= 4 is 23.6 Å². The van der Waals surface area contributed by atoms with Crippen LogP contribution in [0.5, 0.6) is 0 Å². The molecule has 0 saturated carbocycles. The molecular formula is C12H16O3S. The van der Waals surface area contributed by atoms with Gasteiger partial charge in [0.2, 0.25) is 0 Å². The molecule has 0 spiro atoms. The topological polar surface area (TPSA) is 43.4 Å². The van der Waals surface area contributed by atoms with Gasteiger partial charge in [-0.3, -0.25) is 0 Å². The molecule has 0 amide bonds. The SMILES string of the molecule is CCOC(=O)c1cc(C)c(C(C)CC=O)s1. The van der Waals surface area contributed by atoms with E-state index in [2.05, 4.69) is 0 Å². The van der Waals surface area contributed by atoms with Crippen LogP contribution in [0, 0.1) is 6.92 Å². The monoisotopic (exact) mass is 240 g/mol. The molecule has 0 aliphatic heterocycles. The van der Waals surface area contributed by atoms with Gasteiger partial charge in [-0.05, 0) is 31.4 Å². The highest BCUT2D eigenvalue weighted by atomic mass is 32.1. The molecule has 1 aromatic rings. The number of carbonyl (C=O) groups is 2. The smallest absolute Gasteiger partial charge is 0.348 e. The van der Waals surface area contributed by atoms with Gasteiger partial charge in [0.25, 0.3) is 0 Å². The highest BCUT2D eigenvalue weighted by Gasteiger charge is 2.16. The van der Waals surface area contributed by atoms with Crippen molar-refractivity contribution in [3.63, 3.8) is 0 Å². The highest BCUT2D eigenvalue weighted by molar-refractivity contribution is 7.14. The van der Waals surface area contributed by atoms with E-state index in [0.29, 0.717) is 17.9 Å². The summed E-state index contributed by atoms with van der Waals surface area (Å²) in [4.78, 5) is 23.7. The summed E-state index contributed by atoms with van der Waals surface area (Å²) in [6, 6.07) is 1.83. The minimum atomic E-state index is -0.278. The number of aryl methyl sites for hydroxylation is 1. The Hall–Kier alpha value is -1.16. The molecule has 0 bridgehead atoms. The van der Waals surface area contributed by atoms with Gasteiger partial charge >= 0.3 is 5.97 Å². The summed E-state index contributed by atoms with van der Waals surface area (Å²) in [6.45, 7) is 6.11. The average Bonchev–Trinajstić information content (AvgIpc) is 2.61. The Kier molecular flexibility index (Phi) is 4.68. The Bertz CT molecular complexity index is 382. The zero-order valence-corrected chi connectivity index (χ0v) is 10.6. The first-order valence-electron chi connectivity index (χ1n) is 5.31. The molecule has 1 unspecified atom stereocenters. The molecule has 0 radical (unpaired) electrons. The lowest BCUT2D eigenvalue weighted by atomic mass is 10.0. The van der Waals surface area contributed by atoms with Crippen LogP contribution in [0.15, 0.2) is 6.07 Å². The Morgan fingerprint density at radius 3 is 2.88 bits per heavy atom. The van der Waals surface area contributed by atoms with Crippen LogP contribution in [0.25, 0.3) is 0 Å². The van der Waals surface area contributed by atoms with E-state index in [1.165, 1.54) is 11.3 Å². The van der Waals surface area contributed by atoms with Gasteiger partial charge in [-0.25, -0.2) is 4.79 Å². The largest absolute Gasteiger partial charge is 0.462 e. The van der Waals surface area contributed by atoms with E-state index >= 15 is 0 Å². The third kappa shape index (κ3) is 2.92. The molecule has 0 aliphatic carbocycles. The number of rotatable bonds is 5. The molecular weight excluding hydrogens is 224 g/mol. The summed E-state index contributed by atoms with van der Waals surface area (Å²) in [6.07, 6.45) is 1.40. The van der Waals surface area contributed by atoms with E-state index in [9.17, 15) is 9.59 Å². The van der Waals surface area contributed by atoms with Crippen molar-refractivity contribution < 1.29 is 14.3 Å². The molecule has 1 aromatic heterocycles. The van der Waals surface area contributed by atoms with Gasteiger partial charge in [-0.1, -0.05) is 6.92 Å². The predicted octanol–water partition coefficient (Wildman–Crippen LogP) is 2.93. The van der Waals surface area contributed by atoms with Crippen LogP contribution < -0.4 is 0 Å². The molecule has 0 fully saturated rings. The molecule has 1 atom stereocenters. The first kappa shape index (κ1) is 12.9. The minimum absolute atomic E-state index is 0.172. The van der Waals surface area contributed by atoms with E-state index < -0.39 is 0 Å². The zero-order chi connectivity index (χ0) is 12.1. The third-order valence-corrected chi connectivity index (χ3v) is 3.78. The van der Waals surface area contributed by atoms with Crippen LogP contribution in [0.2, 0.25) is 0 Å². The summed E-state index contributed by atoms with van der Waals surface area (Å²) < 4.78 is 4.94. The second-order valence-corrected chi connectivity index (χ2v) is 4.77. The van der Waals surface area contributed by atoms with Crippen molar-refractivity contribution in [1.29, 1.82) is 0 Å².